The van der Waals surface area contributed by atoms with Crippen molar-refractivity contribution in [3.63, 3.8) is 0 Å². The van der Waals surface area contributed by atoms with E-state index in [2.05, 4.69) is 5.32 Å². The van der Waals surface area contributed by atoms with Crippen LogP contribution in [0.25, 0.3) is 0 Å². The molecule has 0 radical (unpaired) electrons. The van der Waals surface area contributed by atoms with E-state index in [1.54, 1.807) is 32.2 Å². The van der Waals surface area contributed by atoms with E-state index >= 15 is 0 Å². The van der Waals surface area contributed by atoms with Crippen molar-refractivity contribution in [3.05, 3.63) is 34.4 Å². The topological polar surface area (TPSA) is 113 Å². The zero-order valence-corrected chi connectivity index (χ0v) is 14.3. The predicted molar refractivity (Wildman–Crippen MR) is 90.0 cm³/mol. The van der Waals surface area contributed by atoms with Gasteiger partial charge in [-0.3, -0.25) is 19.7 Å². The van der Waals surface area contributed by atoms with Crippen molar-refractivity contribution in [1.82, 2.24) is 5.32 Å². The van der Waals surface area contributed by atoms with Crippen molar-refractivity contribution in [1.29, 1.82) is 0 Å². The minimum Gasteiger partial charge on any atom is -0.481 e. The van der Waals surface area contributed by atoms with Crippen molar-refractivity contribution in [2.24, 2.45) is 5.92 Å². The highest BCUT2D eigenvalue weighted by Gasteiger charge is 2.33. The van der Waals surface area contributed by atoms with E-state index in [0.29, 0.717) is 5.69 Å². The molecule has 0 aliphatic carbocycles. The number of carbonyl (C=O) groups is 2. The fourth-order valence-corrected chi connectivity index (χ4v) is 2.31. The molecule has 8 heteroatoms. The summed E-state index contributed by atoms with van der Waals surface area (Å²) < 4.78 is 0. The van der Waals surface area contributed by atoms with Gasteiger partial charge in [-0.15, -0.1) is 0 Å². The fraction of sp³-hybridized carbons (Fsp3) is 0.500. The summed E-state index contributed by atoms with van der Waals surface area (Å²) in [6.07, 6.45) is -0.203. The highest BCUT2D eigenvalue weighted by molar-refractivity contribution is 5.83. The number of amides is 1. The molecule has 1 amide bonds. The second kappa shape index (κ2) is 7.76. The molecule has 132 valence electrons. The second-order valence-electron chi connectivity index (χ2n) is 6.29. The van der Waals surface area contributed by atoms with Crippen LogP contribution in [0.3, 0.4) is 0 Å². The van der Waals surface area contributed by atoms with Crippen LogP contribution in [0.5, 0.6) is 0 Å². The number of aliphatic carboxylic acids is 1. The summed E-state index contributed by atoms with van der Waals surface area (Å²) in [6, 6.07) is 6.13. The van der Waals surface area contributed by atoms with Crippen LogP contribution in [0.1, 0.15) is 27.2 Å². The van der Waals surface area contributed by atoms with Gasteiger partial charge in [0, 0.05) is 13.1 Å². The molecular formula is C16H23N3O5. The van der Waals surface area contributed by atoms with Crippen LogP contribution >= 0.6 is 0 Å². The third kappa shape index (κ3) is 4.94. The maximum absolute atomic E-state index is 12.3. The summed E-state index contributed by atoms with van der Waals surface area (Å²) >= 11 is 0. The lowest BCUT2D eigenvalue weighted by molar-refractivity contribution is -0.384. The Labute approximate surface area is 140 Å². The quantitative estimate of drug-likeness (QED) is 0.554. The first-order valence-electron chi connectivity index (χ1n) is 7.54. The molecule has 0 aromatic heterocycles. The molecule has 1 aromatic rings. The molecule has 1 unspecified atom stereocenters. The zero-order valence-electron chi connectivity index (χ0n) is 14.3. The minimum atomic E-state index is -1.00. The minimum absolute atomic E-state index is 0.0890. The van der Waals surface area contributed by atoms with Gasteiger partial charge in [0.05, 0.1) is 23.4 Å². The highest BCUT2D eigenvalue weighted by Crippen LogP contribution is 2.26. The Morgan fingerprint density at radius 3 is 2.46 bits per heavy atom. The molecule has 24 heavy (non-hydrogen) atoms. The molecule has 1 rings (SSSR count). The van der Waals surface area contributed by atoms with Crippen LogP contribution in [0.2, 0.25) is 0 Å². The summed E-state index contributed by atoms with van der Waals surface area (Å²) in [5, 5.41) is 22.8. The smallest absolute Gasteiger partial charge is 0.305 e. The summed E-state index contributed by atoms with van der Waals surface area (Å²) in [6.45, 7) is 5.21. The number of nitro benzene ring substituents is 1. The number of nitro groups is 1. The average Bonchev–Trinajstić information content (AvgIpc) is 2.45. The Morgan fingerprint density at radius 1 is 1.38 bits per heavy atom. The molecule has 0 heterocycles. The van der Waals surface area contributed by atoms with Gasteiger partial charge in [-0.1, -0.05) is 26.0 Å². The summed E-state index contributed by atoms with van der Waals surface area (Å²) in [5.41, 5.74) is -0.668. The SMILES string of the molecule is CC(C)C(C)(CC(=O)O)NC(=O)CN(C)c1ccccc1[N+](=O)[O-]. The number of hydrogen-bond acceptors (Lipinski definition) is 5. The second-order valence-corrected chi connectivity index (χ2v) is 6.29. The lowest BCUT2D eigenvalue weighted by Crippen LogP contribution is -2.53. The van der Waals surface area contributed by atoms with Crippen LogP contribution in [-0.2, 0) is 9.59 Å². The molecular weight excluding hydrogens is 314 g/mol. The molecule has 0 spiro atoms. The molecule has 2 N–H and O–H groups in total. The van der Waals surface area contributed by atoms with E-state index in [1.165, 1.54) is 11.0 Å². The molecule has 0 bridgehead atoms. The Bertz CT molecular complexity index is 632. The highest BCUT2D eigenvalue weighted by atomic mass is 16.6. The maximum Gasteiger partial charge on any atom is 0.305 e. The normalized spacial score (nSPS) is 13.2. The number of hydrogen-bond donors (Lipinski definition) is 2. The van der Waals surface area contributed by atoms with Crippen molar-refractivity contribution in [2.45, 2.75) is 32.7 Å². The van der Waals surface area contributed by atoms with Gasteiger partial charge in [-0.25, -0.2) is 0 Å². The van der Waals surface area contributed by atoms with E-state index in [4.69, 9.17) is 5.11 Å². The number of nitrogens with zero attached hydrogens (tertiary/aromatic N) is 2. The Hall–Kier alpha value is -2.64. The first-order chi connectivity index (χ1) is 11.1. The van der Waals surface area contributed by atoms with Gasteiger partial charge >= 0.3 is 5.97 Å². The number of carboxylic acids is 1. The number of carbonyl (C=O) groups excluding carboxylic acids is 1. The first kappa shape index (κ1) is 19.4. The third-order valence-corrected chi connectivity index (χ3v) is 4.09. The molecule has 0 aliphatic rings. The van der Waals surface area contributed by atoms with Gasteiger partial charge < -0.3 is 15.3 Å². The number of nitrogens with one attached hydrogen (secondary N) is 1. The van der Waals surface area contributed by atoms with Gasteiger partial charge in [0.1, 0.15) is 5.69 Å². The summed E-state index contributed by atoms with van der Waals surface area (Å²) in [5.74, 6) is -1.49. The molecule has 0 saturated heterocycles. The van der Waals surface area contributed by atoms with Gasteiger partial charge in [-0.05, 0) is 18.9 Å². The monoisotopic (exact) mass is 337 g/mol. The van der Waals surface area contributed by atoms with Crippen molar-refractivity contribution in [2.75, 3.05) is 18.5 Å². The van der Waals surface area contributed by atoms with E-state index in [0.717, 1.165) is 0 Å². The summed E-state index contributed by atoms with van der Waals surface area (Å²) in [4.78, 5) is 35.3. The van der Waals surface area contributed by atoms with Crippen LogP contribution < -0.4 is 10.2 Å². The van der Waals surface area contributed by atoms with Crippen molar-refractivity contribution in [3.8, 4) is 0 Å². The van der Waals surface area contributed by atoms with E-state index < -0.39 is 22.3 Å². The molecule has 1 aromatic carbocycles. The van der Waals surface area contributed by atoms with Crippen LogP contribution in [0.4, 0.5) is 11.4 Å². The fourth-order valence-electron chi connectivity index (χ4n) is 2.31. The largest absolute Gasteiger partial charge is 0.481 e. The Balaban J connectivity index is 2.87. The number of likely N-dealkylation sites (N-methyl/N-ethyl adjacent to an activating group) is 1. The summed E-state index contributed by atoms with van der Waals surface area (Å²) in [7, 11) is 1.58. The molecule has 0 aliphatic heterocycles. The first-order valence-corrected chi connectivity index (χ1v) is 7.54. The maximum atomic E-state index is 12.3. The molecule has 8 nitrogen and oxygen atoms in total. The van der Waals surface area contributed by atoms with Gasteiger partial charge in [0.2, 0.25) is 5.91 Å². The third-order valence-electron chi connectivity index (χ3n) is 4.09. The zero-order chi connectivity index (χ0) is 18.5. The molecule has 0 fully saturated rings. The lowest BCUT2D eigenvalue weighted by atomic mass is 9.85. The Kier molecular flexibility index (Phi) is 6.27. The van der Waals surface area contributed by atoms with Crippen LogP contribution in [0.15, 0.2) is 24.3 Å². The lowest BCUT2D eigenvalue weighted by Gasteiger charge is -2.34. The number of rotatable bonds is 8. The van der Waals surface area contributed by atoms with Crippen molar-refractivity contribution >= 4 is 23.3 Å². The van der Waals surface area contributed by atoms with Gasteiger partial charge in [0.15, 0.2) is 0 Å². The van der Waals surface area contributed by atoms with Crippen molar-refractivity contribution < 1.29 is 19.6 Å². The van der Waals surface area contributed by atoms with Gasteiger partial charge in [-0.2, -0.15) is 0 Å². The van der Waals surface area contributed by atoms with E-state index in [-0.39, 0.29) is 24.6 Å². The Morgan fingerprint density at radius 2 is 1.96 bits per heavy atom. The predicted octanol–water partition coefficient (Wildman–Crippen LogP) is 2.04. The number of para-hydroxylation sites is 2. The number of benzene rings is 1. The van der Waals surface area contributed by atoms with Gasteiger partial charge in [0.25, 0.3) is 5.69 Å². The molecule has 0 saturated carbocycles. The number of anilines is 1. The average molecular weight is 337 g/mol. The van der Waals surface area contributed by atoms with Crippen LogP contribution in [0, 0.1) is 16.0 Å². The van der Waals surface area contributed by atoms with Crippen LogP contribution in [-0.4, -0.2) is 41.0 Å². The standard InChI is InChI=1S/C16H23N3O5/c1-11(2)16(3,9-15(21)22)17-14(20)10-18(4)12-7-5-6-8-13(12)19(23)24/h5-8,11H,9-10H2,1-4H3,(H,17,20)(H,21,22). The number of carboxylic acid groups (broad SMARTS) is 1. The molecule has 1 atom stereocenters. The van der Waals surface area contributed by atoms with E-state index in [1.807, 2.05) is 13.8 Å². The van der Waals surface area contributed by atoms with E-state index in [9.17, 15) is 19.7 Å².